The Kier molecular flexibility index (Phi) is 8.45. The maximum atomic E-state index is 13.9. The van der Waals surface area contributed by atoms with E-state index in [1.807, 2.05) is 53.4 Å². The number of nitrogens with zero attached hydrogens (tertiary/aromatic N) is 3. The minimum atomic E-state index is -0.384. The maximum absolute atomic E-state index is 13.9. The third-order valence-corrected chi connectivity index (χ3v) is 6.99. The second kappa shape index (κ2) is 12.5. The second-order valence-electron chi connectivity index (χ2n) is 9.06. The molecule has 0 aliphatic carbocycles. The number of halogens is 1. The monoisotopic (exact) mass is 545 g/mol. The first kappa shape index (κ1) is 26.3. The third-order valence-electron chi connectivity index (χ3n) is 6.23. The van der Waals surface area contributed by atoms with Crippen molar-refractivity contribution >= 4 is 39.7 Å². The standard InChI is InChI=1S/C29H28FN5O3S/c30-24-11-4-5-12-25(24)32-29-33-26(20-39-29)28(37)35-15-13-34(14-16-35)18-27(36)31-22-9-6-10-23(17-22)38-19-21-7-2-1-3-8-21/h1-12,17,20H,13-16,18-19H2,(H,31,36)(H,32,33). The molecule has 0 bridgehead atoms. The zero-order chi connectivity index (χ0) is 27.0. The summed E-state index contributed by atoms with van der Waals surface area (Å²) in [5, 5.41) is 7.97. The molecule has 3 aromatic carbocycles. The average molecular weight is 546 g/mol. The largest absolute Gasteiger partial charge is 0.489 e. The van der Waals surface area contributed by atoms with E-state index in [9.17, 15) is 14.0 Å². The van der Waals surface area contributed by atoms with Crippen molar-refractivity contribution in [3.05, 3.63) is 101 Å². The number of amides is 2. The molecule has 0 spiro atoms. The number of anilines is 3. The summed E-state index contributed by atoms with van der Waals surface area (Å²) in [6, 6.07) is 23.5. The lowest BCUT2D eigenvalue weighted by Gasteiger charge is -2.33. The highest BCUT2D eigenvalue weighted by Gasteiger charge is 2.25. The molecule has 0 saturated carbocycles. The number of piperazine rings is 1. The summed E-state index contributed by atoms with van der Waals surface area (Å²) in [7, 11) is 0. The number of hydrogen-bond donors (Lipinski definition) is 2. The van der Waals surface area contributed by atoms with Gasteiger partial charge in [0.2, 0.25) is 5.91 Å². The summed E-state index contributed by atoms with van der Waals surface area (Å²) in [5.74, 6) is -0.00878. The molecule has 2 amide bonds. The molecule has 39 heavy (non-hydrogen) atoms. The van der Waals surface area contributed by atoms with Crippen LogP contribution in [0.25, 0.3) is 0 Å². The molecule has 5 rings (SSSR count). The van der Waals surface area contributed by atoms with Crippen molar-refractivity contribution in [1.82, 2.24) is 14.8 Å². The molecule has 10 heteroatoms. The number of carbonyl (C=O) groups is 2. The summed E-state index contributed by atoms with van der Waals surface area (Å²) in [6.45, 7) is 2.80. The van der Waals surface area contributed by atoms with Gasteiger partial charge in [0.25, 0.3) is 5.91 Å². The molecule has 0 radical (unpaired) electrons. The normalized spacial score (nSPS) is 13.6. The summed E-state index contributed by atoms with van der Waals surface area (Å²) >= 11 is 1.25. The van der Waals surface area contributed by atoms with Gasteiger partial charge >= 0.3 is 0 Å². The molecule has 200 valence electrons. The SMILES string of the molecule is O=C(CN1CCN(C(=O)c2csc(Nc3ccccc3F)n2)CC1)Nc1cccc(OCc2ccccc2)c1. The van der Waals surface area contributed by atoms with Crippen molar-refractivity contribution in [3.63, 3.8) is 0 Å². The van der Waals surface area contributed by atoms with E-state index in [4.69, 9.17) is 4.74 Å². The predicted molar refractivity (Wildman–Crippen MR) is 150 cm³/mol. The molecule has 1 aliphatic rings. The fourth-order valence-corrected chi connectivity index (χ4v) is 4.88. The van der Waals surface area contributed by atoms with Gasteiger partial charge in [-0.3, -0.25) is 14.5 Å². The van der Waals surface area contributed by atoms with E-state index in [2.05, 4.69) is 15.6 Å². The Hall–Kier alpha value is -4.28. The van der Waals surface area contributed by atoms with Gasteiger partial charge in [0.15, 0.2) is 5.13 Å². The molecule has 4 aromatic rings. The summed E-state index contributed by atoms with van der Waals surface area (Å²) in [6.07, 6.45) is 0. The van der Waals surface area contributed by atoms with Crippen LogP contribution in [0.1, 0.15) is 16.1 Å². The summed E-state index contributed by atoms with van der Waals surface area (Å²) in [5.41, 5.74) is 2.37. The van der Waals surface area contributed by atoms with Gasteiger partial charge in [-0.05, 0) is 29.8 Å². The molecule has 1 fully saturated rings. The molecule has 0 unspecified atom stereocenters. The molecule has 8 nitrogen and oxygen atoms in total. The van der Waals surface area contributed by atoms with Crippen LogP contribution in [0.5, 0.6) is 5.75 Å². The van der Waals surface area contributed by atoms with Gasteiger partial charge in [0.1, 0.15) is 23.9 Å². The fourth-order valence-electron chi connectivity index (χ4n) is 4.19. The van der Waals surface area contributed by atoms with Crippen molar-refractivity contribution in [2.75, 3.05) is 43.4 Å². The molecule has 1 aliphatic heterocycles. The number of ether oxygens (including phenoxy) is 1. The smallest absolute Gasteiger partial charge is 0.273 e. The first-order chi connectivity index (χ1) is 19.0. The van der Waals surface area contributed by atoms with E-state index in [0.717, 1.165) is 5.56 Å². The topological polar surface area (TPSA) is 86.8 Å². The molecule has 1 aromatic heterocycles. The minimum Gasteiger partial charge on any atom is -0.489 e. The third kappa shape index (κ3) is 7.18. The molecular formula is C29H28FN5O3S. The number of thiazole rings is 1. The van der Waals surface area contributed by atoms with Crippen LogP contribution < -0.4 is 15.4 Å². The quantitative estimate of drug-likeness (QED) is 0.308. The number of aromatic nitrogens is 1. The van der Waals surface area contributed by atoms with E-state index in [0.29, 0.717) is 60.7 Å². The van der Waals surface area contributed by atoms with E-state index >= 15 is 0 Å². The van der Waals surface area contributed by atoms with Gasteiger partial charge in [-0.2, -0.15) is 0 Å². The highest BCUT2D eigenvalue weighted by molar-refractivity contribution is 7.14. The van der Waals surface area contributed by atoms with Crippen molar-refractivity contribution in [2.24, 2.45) is 0 Å². The van der Waals surface area contributed by atoms with Crippen LogP contribution in [0.15, 0.2) is 84.2 Å². The van der Waals surface area contributed by atoms with Crippen molar-refractivity contribution in [2.45, 2.75) is 6.61 Å². The van der Waals surface area contributed by atoms with E-state index in [1.54, 1.807) is 34.5 Å². The Balaban J connectivity index is 1.07. The van der Waals surface area contributed by atoms with E-state index in [-0.39, 0.29) is 24.2 Å². The number of carbonyl (C=O) groups excluding carboxylic acids is 2. The lowest BCUT2D eigenvalue weighted by molar-refractivity contribution is -0.117. The zero-order valence-corrected chi connectivity index (χ0v) is 22.0. The lowest BCUT2D eigenvalue weighted by atomic mass is 10.2. The van der Waals surface area contributed by atoms with Gasteiger partial charge in [0, 0.05) is 43.3 Å². The lowest BCUT2D eigenvalue weighted by Crippen LogP contribution is -2.50. The Morgan fingerprint density at radius 3 is 2.51 bits per heavy atom. The van der Waals surface area contributed by atoms with Gasteiger partial charge < -0.3 is 20.3 Å². The fraction of sp³-hybridized carbons (Fsp3) is 0.207. The van der Waals surface area contributed by atoms with Crippen LogP contribution in [0, 0.1) is 5.82 Å². The summed E-state index contributed by atoms with van der Waals surface area (Å²) < 4.78 is 19.7. The van der Waals surface area contributed by atoms with Crippen molar-refractivity contribution in [3.8, 4) is 5.75 Å². The van der Waals surface area contributed by atoms with Gasteiger partial charge in [0.05, 0.1) is 12.2 Å². The van der Waals surface area contributed by atoms with Crippen LogP contribution in [0.3, 0.4) is 0 Å². The average Bonchev–Trinajstić information content (AvgIpc) is 3.42. The number of rotatable bonds is 9. The van der Waals surface area contributed by atoms with E-state index in [1.165, 1.54) is 17.4 Å². The molecular weight excluding hydrogens is 517 g/mol. The number of benzene rings is 3. The highest BCUT2D eigenvalue weighted by Crippen LogP contribution is 2.24. The first-order valence-electron chi connectivity index (χ1n) is 12.6. The Morgan fingerprint density at radius 2 is 1.72 bits per heavy atom. The van der Waals surface area contributed by atoms with Crippen LogP contribution in [0.2, 0.25) is 0 Å². The molecule has 2 N–H and O–H groups in total. The van der Waals surface area contributed by atoms with Crippen LogP contribution in [-0.2, 0) is 11.4 Å². The number of para-hydroxylation sites is 1. The summed E-state index contributed by atoms with van der Waals surface area (Å²) in [4.78, 5) is 33.7. The van der Waals surface area contributed by atoms with Gasteiger partial charge in [-0.25, -0.2) is 9.37 Å². The second-order valence-corrected chi connectivity index (χ2v) is 9.92. The van der Waals surface area contributed by atoms with Gasteiger partial charge in [-0.1, -0.05) is 48.5 Å². The first-order valence-corrected chi connectivity index (χ1v) is 13.5. The van der Waals surface area contributed by atoms with E-state index < -0.39 is 0 Å². The zero-order valence-electron chi connectivity index (χ0n) is 21.2. The van der Waals surface area contributed by atoms with Crippen molar-refractivity contribution < 1.29 is 18.7 Å². The molecule has 0 atom stereocenters. The molecule has 1 saturated heterocycles. The maximum Gasteiger partial charge on any atom is 0.273 e. The number of hydrogen-bond acceptors (Lipinski definition) is 7. The van der Waals surface area contributed by atoms with Gasteiger partial charge in [-0.15, -0.1) is 11.3 Å². The van der Waals surface area contributed by atoms with Crippen LogP contribution in [-0.4, -0.2) is 59.3 Å². The van der Waals surface area contributed by atoms with Crippen LogP contribution in [0.4, 0.5) is 20.9 Å². The van der Waals surface area contributed by atoms with Crippen molar-refractivity contribution in [1.29, 1.82) is 0 Å². The number of nitrogens with one attached hydrogen (secondary N) is 2. The van der Waals surface area contributed by atoms with Crippen LogP contribution >= 0.6 is 11.3 Å². The Morgan fingerprint density at radius 1 is 0.949 bits per heavy atom. The highest BCUT2D eigenvalue weighted by atomic mass is 32.1. The predicted octanol–water partition coefficient (Wildman–Crippen LogP) is 5.00. The Bertz CT molecular complexity index is 1420. The molecule has 2 heterocycles. The Labute approximate surface area is 230 Å². The minimum absolute atomic E-state index is 0.127.